The average Bonchev–Trinajstić information content (AvgIpc) is 3.39. The molecule has 1 aliphatic heterocycles. The number of aliphatic imine (C=N–C) groups is 1. The van der Waals surface area contributed by atoms with Crippen molar-refractivity contribution >= 4 is 11.9 Å². The number of carbonyl (C=O) groups is 1. The molecule has 0 amide bonds. The van der Waals surface area contributed by atoms with E-state index < -0.39 is 11.6 Å². The minimum absolute atomic E-state index is 0.118. The number of carbonyl (C=O) groups excluding carboxylic acids is 1. The van der Waals surface area contributed by atoms with Gasteiger partial charge in [-0.3, -0.25) is 0 Å². The molecule has 176 valence electrons. The molecule has 2 aliphatic rings. The highest BCUT2D eigenvalue weighted by Gasteiger charge is 2.48. The van der Waals surface area contributed by atoms with E-state index in [1.54, 1.807) is 18.2 Å². The molecule has 4 rings (SSSR count). The highest BCUT2D eigenvalue weighted by molar-refractivity contribution is 5.82. The van der Waals surface area contributed by atoms with Crippen molar-refractivity contribution in [3.05, 3.63) is 65.7 Å². The van der Waals surface area contributed by atoms with Crippen LogP contribution in [-0.2, 0) is 21.7 Å². The Hall–Kier alpha value is -3.06. The molecule has 4 N–H and O–H groups in total. The van der Waals surface area contributed by atoms with Crippen molar-refractivity contribution in [3.8, 4) is 5.75 Å². The first kappa shape index (κ1) is 23.1. The molecule has 2 aromatic rings. The fourth-order valence-corrected chi connectivity index (χ4v) is 4.93. The van der Waals surface area contributed by atoms with Gasteiger partial charge in [-0.2, -0.15) is 0 Å². The molecule has 1 heterocycles. The third kappa shape index (κ3) is 5.30. The molecule has 0 bridgehead atoms. The molecule has 2 fully saturated rings. The molecule has 1 saturated carbocycles. The second-order valence-corrected chi connectivity index (χ2v) is 9.05. The van der Waals surface area contributed by atoms with Crippen molar-refractivity contribution in [2.75, 3.05) is 13.1 Å². The lowest BCUT2D eigenvalue weighted by atomic mass is 9.80. The zero-order valence-electron chi connectivity index (χ0n) is 18.9. The van der Waals surface area contributed by atoms with Crippen LogP contribution in [0.4, 0.5) is 0 Å². The van der Waals surface area contributed by atoms with Crippen molar-refractivity contribution in [2.45, 2.75) is 56.8 Å². The van der Waals surface area contributed by atoms with Crippen molar-refractivity contribution in [1.29, 1.82) is 0 Å². The summed E-state index contributed by atoms with van der Waals surface area (Å²) in [7, 11) is 0. The van der Waals surface area contributed by atoms with Crippen molar-refractivity contribution in [2.24, 2.45) is 16.6 Å². The van der Waals surface area contributed by atoms with Gasteiger partial charge in [-0.25, -0.2) is 9.79 Å². The normalized spacial score (nSPS) is 19.9. The van der Waals surface area contributed by atoms with Crippen LogP contribution < -0.4 is 5.73 Å². The number of guanidine groups is 1. The van der Waals surface area contributed by atoms with E-state index in [0.29, 0.717) is 44.0 Å². The molecular weight excluding hydrogens is 418 g/mol. The summed E-state index contributed by atoms with van der Waals surface area (Å²) in [6, 6.07) is 16.2. The Bertz CT molecular complexity index is 967. The molecule has 0 aromatic heterocycles. The third-order valence-corrected chi connectivity index (χ3v) is 6.84. The molecule has 0 radical (unpaired) electrons. The summed E-state index contributed by atoms with van der Waals surface area (Å²) in [6.45, 7) is 1.64. The van der Waals surface area contributed by atoms with Crippen LogP contribution in [-0.4, -0.2) is 46.2 Å². The zero-order chi connectivity index (χ0) is 23.3. The number of likely N-dealkylation sites (tertiary alicyclic amines) is 1. The summed E-state index contributed by atoms with van der Waals surface area (Å²) >= 11 is 0. The predicted octanol–water partition coefficient (Wildman–Crippen LogP) is 3.29. The molecule has 0 spiro atoms. The number of aliphatic hydroxyl groups is 1. The number of phenolic OH excluding ortho intramolecular Hbond substituents is 1. The third-order valence-electron chi connectivity index (χ3n) is 6.84. The summed E-state index contributed by atoms with van der Waals surface area (Å²) in [5, 5.41) is 21.2. The first-order valence-corrected chi connectivity index (χ1v) is 11.8. The summed E-state index contributed by atoms with van der Waals surface area (Å²) in [4.78, 5) is 19.7. The van der Waals surface area contributed by atoms with Gasteiger partial charge in [0.05, 0.1) is 6.54 Å². The number of hydrogen-bond acceptors (Lipinski definition) is 5. The van der Waals surface area contributed by atoms with Crippen LogP contribution in [0.2, 0.25) is 0 Å². The zero-order valence-corrected chi connectivity index (χ0v) is 18.9. The smallest absolute Gasteiger partial charge is 0.343 e. The van der Waals surface area contributed by atoms with Crippen LogP contribution in [0.15, 0.2) is 59.6 Å². The Morgan fingerprint density at radius 2 is 1.76 bits per heavy atom. The van der Waals surface area contributed by atoms with Gasteiger partial charge >= 0.3 is 5.97 Å². The molecule has 1 saturated heterocycles. The number of ether oxygens (including phenoxy) is 1. The van der Waals surface area contributed by atoms with E-state index in [1.165, 1.54) is 0 Å². The lowest BCUT2D eigenvalue weighted by molar-refractivity contribution is -0.181. The quantitative estimate of drug-likeness (QED) is 0.353. The number of nitrogens with two attached hydrogens (primary N) is 1. The van der Waals surface area contributed by atoms with E-state index in [1.807, 2.05) is 41.3 Å². The summed E-state index contributed by atoms with van der Waals surface area (Å²) in [6.07, 6.45) is 4.69. The first-order chi connectivity index (χ1) is 16.0. The Kier molecular flexibility index (Phi) is 7.18. The largest absolute Gasteiger partial charge is 0.508 e. The van der Waals surface area contributed by atoms with Gasteiger partial charge in [0.1, 0.15) is 11.9 Å². The molecular formula is C26H33N3O4. The van der Waals surface area contributed by atoms with Crippen LogP contribution in [0, 0.1) is 5.92 Å². The topological polar surface area (TPSA) is 108 Å². The maximum atomic E-state index is 13.3. The van der Waals surface area contributed by atoms with Crippen LogP contribution >= 0.6 is 0 Å². The van der Waals surface area contributed by atoms with Gasteiger partial charge < -0.3 is 25.6 Å². The van der Waals surface area contributed by atoms with E-state index in [9.17, 15) is 15.0 Å². The second kappa shape index (κ2) is 10.3. The van der Waals surface area contributed by atoms with Crippen LogP contribution in [0.5, 0.6) is 5.75 Å². The van der Waals surface area contributed by atoms with Crippen LogP contribution in [0.3, 0.4) is 0 Å². The summed E-state index contributed by atoms with van der Waals surface area (Å²) < 4.78 is 5.87. The monoisotopic (exact) mass is 451 g/mol. The number of phenols is 1. The minimum Gasteiger partial charge on any atom is -0.508 e. The maximum absolute atomic E-state index is 13.3. The molecule has 7 nitrogen and oxygen atoms in total. The second-order valence-electron chi connectivity index (χ2n) is 9.05. The van der Waals surface area contributed by atoms with Crippen molar-refractivity contribution < 1.29 is 19.7 Å². The standard InChI is InChI=1S/C26H33N3O4/c27-25(28-18-19-7-6-12-22(30)17-19)29-15-13-23(14-16-29)33-24(31)26(32,21-10-4-5-11-21)20-8-2-1-3-9-20/h1-3,6-9,12,17,21,23,30,32H,4-5,10-11,13-16,18H2,(H2,27,28)/t26-/m0/s1. The number of hydrogen-bond donors (Lipinski definition) is 3. The number of piperidine rings is 1. The van der Waals surface area contributed by atoms with Gasteiger partial charge in [-0.05, 0) is 36.1 Å². The van der Waals surface area contributed by atoms with E-state index >= 15 is 0 Å². The van der Waals surface area contributed by atoms with Crippen LogP contribution in [0.1, 0.15) is 49.7 Å². The molecule has 1 atom stereocenters. The number of nitrogens with zero attached hydrogens (tertiary/aromatic N) is 2. The SMILES string of the molecule is NC(=NCc1cccc(O)c1)N1CCC(OC(=O)[C@](O)(c2ccccc2)C2CCCC2)CC1. The molecule has 1 aliphatic carbocycles. The van der Waals surface area contributed by atoms with Gasteiger partial charge in [0.2, 0.25) is 0 Å². The number of rotatable bonds is 6. The van der Waals surface area contributed by atoms with Crippen molar-refractivity contribution in [3.63, 3.8) is 0 Å². The van der Waals surface area contributed by atoms with E-state index in [4.69, 9.17) is 10.5 Å². The van der Waals surface area contributed by atoms with Gasteiger partial charge in [0.25, 0.3) is 0 Å². The predicted molar refractivity (Wildman–Crippen MR) is 126 cm³/mol. The Labute approximate surface area is 194 Å². The molecule has 2 aromatic carbocycles. The highest BCUT2D eigenvalue weighted by Crippen LogP contribution is 2.42. The summed E-state index contributed by atoms with van der Waals surface area (Å²) in [5.74, 6) is -0.0101. The molecule has 33 heavy (non-hydrogen) atoms. The molecule has 7 heteroatoms. The van der Waals surface area contributed by atoms with Gasteiger partial charge in [-0.15, -0.1) is 0 Å². The number of aromatic hydroxyl groups is 1. The Morgan fingerprint density at radius 1 is 1.06 bits per heavy atom. The minimum atomic E-state index is -1.60. The summed E-state index contributed by atoms with van der Waals surface area (Å²) in [5.41, 5.74) is 6.07. The van der Waals surface area contributed by atoms with E-state index in [2.05, 4.69) is 4.99 Å². The lowest BCUT2D eigenvalue weighted by Crippen LogP contribution is -2.48. The van der Waals surface area contributed by atoms with E-state index in [-0.39, 0.29) is 17.8 Å². The fraction of sp³-hybridized carbons (Fsp3) is 0.462. The lowest BCUT2D eigenvalue weighted by Gasteiger charge is -2.36. The first-order valence-electron chi connectivity index (χ1n) is 11.8. The van der Waals surface area contributed by atoms with Crippen LogP contribution in [0.25, 0.3) is 0 Å². The van der Waals surface area contributed by atoms with Crippen molar-refractivity contribution in [1.82, 2.24) is 4.90 Å². The number of esters is 1. The van der Waals surface area contributed by atoms with Gasteiger partial charge in [0, 0.05) is 31.8 Å². The fourth-order valence-electron chi connectivity index (χ4n) is 4.93. The van der Waals surface area contributed by atoms with Gasteiger partial charge in [-0.1, -0.05) is 55.3 Å². The maximum Gasteiger partial charge on any atom is 0.343 e. The Balaban J connectivity index is 1.35. The molecule has 0 unspecified atom stereocenters. The highest BCUT2D eigenvalue weighted by atomic mass is 16.6. The Morgan fingerprint density at radius 3 is 2.42 bits per heavy atom. The number of benzene rings is 2. The van der Waals surface area contributed by atoms with Gasteiger partial charge in [0.15, 0.2) is 11.6 Å². The average molecular weight is 452 g/mol. The van der Waals surface area contributed by atoms with E-state index in [0.717, 1.165) is 31.2 Å².